The standard InChI is InChI=1S/2C6H5.C4H9.Li.Sn/c2*1-2-4-6-5-3-1;1-3-4-2;;/h2*1-5H;1,3-4H2,2H3;;. The maximum atomic E-state index is 2.33. The van der Waals surface area contributed by atoms with E-state index >= 15 is 0 Å². The molecule has 0 bridgehead atoms. The van der Waals surface area contributed by atoms with Gasteiger partial charge in [-0.2, -0.15) is 0 Å². The quantitative estimate of drug-likeness (QED) is 0.736. The summed E-state index contributed by atoms with van der Waals surface area (Å²) >= 11 is -1.60. The molecule has 2 heteroatoms. The van der Waals surface area contributed by atoms with E-state index in [2.05, 4.69) is 67.6 Å². The van der Waals surface area contributed by atoms with Crippen LogP contribution in [0.2, 0.25) is 4.44 Å². The minimum atomic E-state index is -1.60. The first kappa shape index (κ1) is 15.9. The fraction of sp³-hybridized carbons (Fsp3) is 0.250. The minimum Gasteiger partial charge on any atom is 0 e. The molecule has 0 fully saturated rings. The molecular weight excluding hydrogens is 318 g/mol. The van der Waals surface area contributed by atoms with Gasteiger partial charge in [-0.3, -0.25) is 0 Å². The predicted octanol–water partition coefficient (Wildman–Crippen LogP) is 2.71. The smallest absolute Gasteiger partial charge is 0 e. The van der Waals surface area contributed by atoms with Crippen molar-refractivity contribution in [1.29, 1.82) is 0 Å². The van der Waals surface area contributed by atoms with E-state index in [1.165, 1.54) is 17.3 Å². The molecule has 0 aliphatic heterocycles. The van der Waals surface area contributed by atoms with Gasteiger partial charge >= 0.3 is 112 Å². The van der Waals surface area contributed by atoms with Crippen LogP contribution < -0.4 is 7.16 Å². The van der Waals surface area contributed by atoms with Gasteiger partial charge in [0.25, 0.3) is 0 Å². The van der Waals surface area contributed by atoms with Gasteiger partial charge in [0.05, 0.1) is 0 Å². The summed E-state index contributed by atoms with van der Waals surface area (Å²) in [5.74, 6) is 0. The summed E-state index contributed by atoms with van der Waals surface area (Å²) in [4.78, 5) is 0. The molecule has 0 aromatic heterocycles. The van der Waals surface area contributed by atoms with Crippen LogP contribution in [0.15, 0.2) is 60.7 Å². The van der Waals surface area contributed by atoms with Crippen LogP contribution in [0.1, 0.15) is 19.8 Å². The molecule has 2 aromatic carbocycles. The van der Waals surface area contributed by atoms with Crippen molar-refractivity contribution < 1.29 is 0 Å². The van der Waals surface area contributed by atoms with Gasteiger partial charge in [-0.15, -0.1) is 0 Å². The van der Waals surface area contributed by atoms with Crippen LogP contribution in [0.5, 0.6) is 0 Å². The molecule has 0 amide bonds. The zero-order valence-electron chi connectivity index (χ0n) is 11.4. The molecule has 2 rings (SSSR count). The van der Waals surface area contributed by atoms with Crippen LogP contribution >= 0.6 is 0 Å². The Bertz CT molecular complexity index is 388. The molecule has 0 atom stereocenters. The third-order valence-electron chi connectivity index (χ3n) is 3.02. The molecule has 2 radical (unpaired) electrons. The van der Waals surface area contributed by atoms with Crippen LogP contribution in [0, 0.1) is 0 Å². The van der Waals surface area contributed by atoms with Gasteiger partial charge < -0.3 is 0 Å². The first-order chi connectivity index (χ1) is 8.42. The molecule has 0 N–H and O–H groups in total. The second-order valence-electron chi connectivity index (χ2n) is 4.31. The number of benzene rings is 2. The Kier molecular flexibility index (Phi) is 7.82. The summed E-state index contributed by atoms with van der Waals surface area (Å²) in [6.45, 7) is 2.29. The van der Waals surface area contributed by atoms with Crippen LogP contribution in [0.25, 0.3) is 0 Å². The third kappa shape index (κ3) is 4.50. The van der Waals surface area contributed by atoms with E-state index in [-0.39, 0.29) is 18.9 Å². The van der Waals surface area contributed by atoms with Crippen molar-refractivity contribution in [3.63, 3.8) is 0 Å². The SMILES string of the molecule is CCC[CH2][Sn]([c]1ccccc1)[c]1ccccc1.[Li]. The molecule has 0 unspecified atom stereocenters. The van der Waals surface area contributed by atoms with E-state index in [1.807, 2.05) is 0 Å². The number of hydrogen-bond donors (Lipinski definition) is 0. The largest absolute Gasteiger partial charge is 0 e. The van der Waals surface area contributed by atoms with E-state index in [0.717, 1.165) is 0 Å². The van der Waals surface area contributed by atoms with Crippen molar-refractivity contribution in [2.75, 3.05) is 0 Å². The maximum absolute atomic E-state index is 2.33. The van der Waals surface area contributed by atoms with Crippen LogP contribution in [0.4, 0.5) is 0 Å². The van der Waals surface area contributed by atoms with E-state index in [0.29, 0.717) is 0 Å². The second-order valence-corrected chi connectivity index (χ2v) is 11.8. The third-order valence-corrected chi connectivity index (χ3v) is 11.3. The Hall–Kier alpha value is -0.164. The predicted molar refractivity (Wildman–Crippen MR) is 83.4 cm³/mol. The van der Waals surface area contributed by atoms with Gasteiger partial charge in [0.1, 0.15) is 0 Å². The first-order valence-corrected chi connectivity index (χ1v) is 11.3. The molecule has 0 nitrogen and oxygen atoms in total. The van der Waals surface area contributed by atoms with Gasteiger partial charge in [-0.25, -0.2) is 0 Å². The average Bonchev–Trinajstić information content (AvgIpc) is 2.42. The maximum Gasteiger partial charge on any atom is 0 e. The Labute approximate surface area is 130 Å². The summed E-state index contributed by atoms with van der Waals surface area (Å²) in [6.07, 6.45) is 2.68. The van der Waals surface area contributed by atoms with Gasteiger partial charge in [0.2, 0.25) is 0 Å². The molecule has 2 aromatic rings. The van der Waals surface area contributed by atoms with Crippen molar-refractivity contribution >= 4 is 45.8 Å². The van der Waals surface area contributed by atoms with Crippen molar-refractivity contribution in [3.05, 3.63) is 60.7 Å². The van der Waals surface area contributed by atoms with E-state index in [4.69, 9.17) is 0 Å². The van der Waals surface area contributed by atoms with Gasteiger partial charge in [0.15, 0.2) is 0 Å². The normalized spacial score (nSPS) is 10.1. The topological polar surface area (TPSA) is 0 Å². The zero-order chi connectivity index (χ0) is 11.9. The van der Waals surface area contributed by atoms with Gasteiger partial charge in [-0.05, 0) is 0 Å². The molecule has 0 heterocycles. The Balaban J connectivity index is 0.00000162. The number of unbranched alkanes of at least 4 members (excludes halogenated alkanes) is 1. The summed E-state index contributed by atoms with van der Waals surface area (Å²) < 4.78 is 4.70. The van der Waals surface area contributed by atoms with E-state index in [9.17, 15) is 0 Å². The number of rotatable bonds is 5. The molecule has 18 heavy (non-hydrogen) atoms. The molecule has 0 aliphatic carbocycles. The Morgan fingerprint density at radius 2 is 1.22 bits per heavy atom. The molecule has 0 saturated heterocycles. The van der Waals surface area contributed by atoms with Crippen LogP contribution in [-0.4, -0.2) is 38.6 Å². The molecular formula is C16H19LiSn. The fourth-order valence-corrected chi connectivity index (χ4v) is 10.1. The minimum absolute atomic E-state index is 0. The fourth-order valence-electron chi connectivity index (χ4n) is 2.09. The average molecular weight is 337 g/mol. The first-order valence-electron chi connectivity index (χ1n) is 6.38. The van der Waals surface area contributed by atoms with Gasteiger partial charge in [-0.1, -0.05) is 0 Å². The second kappa shape index (κ2) is 8.85. The van der Waals surface area contributed by atoms with Gasteiger partial charge in [0, 0.05) is 18.9 Å². The zero-order valence-corrected chi connectivity index (χ0v) is 14.2. The van der Waals surface area contributed by atoms with Crippen molar-refractivity contribution in [2.24, 2.45) is 0 Å². The summed E-state index contributed by atoms with van der Waals surface area (Å²) in [5, 5.41) is 0. The number of hydrogen-bond acceptors (Lipinski definition) is 0. The van der Waals surface area contributed by atoms with E-state index < -0.39 is 19.8 Å². The Morgan fingerprint density at radius 1 is 0.778 bits per heavy atom. The monoisotopic (exact) mass is 338 g/mol. The molecule has 88 valence electrons. The molecule has 0 spiro atoms. The van der Waals surface area contributed by atoms with Crippen molar-refractivity contribution in [1.82, 2.24) is 0 Å². The summed E-state index contributed by atoms with van der Waals surface area (Å²) in [7, 11) is 0. The Morgan fingerprint density at radius 3 is 1.61 bits per heavy atom. The van der Waals surface area contributed by atoms with Crippen molar-refractivity contribution in [2.45, 2.75) is 24.2 Å². The molecule has 0 aliphatic rings. The van der Waals surface area contributed by atoms with Crippen LogP contribution in [0.3, 0.4) is 0 Å². The van der Waals surface area contributed by atoms with E-state index in [1.54, 1.807) is 7.16 Å². The summed E-state index contributed by atoms with van der Waals surface area (Å²) in [6, 6.07) is 22.3. The van der Waals surface area contributed by atoms with Crippen LogP contribution in [-0.2, 0) is 0 Å². The molecule has 0 saturated carbocycles. The summed E-state index contributed by atoms with van der Waals surface area (Å²) in [5.41, 5.74) is 0. The van der Waals surface area contributed by atoms with Crippen molar-refractivity contribution in [3.8, 4) is 0 Å².